The number of carbonyl (C=O) groups is 3. The van der Waals surface area contributed by atoms with Crippen molar-refractivity contribution in [2.45, 2.75) is 38.6 Å². The maximum atomic E-state index is 12.9. The molecule has 0 bridgehead atoms. The van der Waals surface area contributed by atoms with Gasteiger partial charge in [-0.05, 0) is 36.3 Å². The van der Waals surface area contributed by atoms with Gasteiger partial charge in [0.1, 0.15) is 11.8 Å². The van der Waals surface area contributed by atoms with E-state index in [0.717, 1.165) is 18.4 Å². The summed E-state index contributed by atoms with van der Waals surface area (Å²) in [5.74, 6) is -0.804. The number of carbonyl (C=O) groups excluding carboxylic acids is 3. The second kappa shape index (κ2) is 13.4. The topological polar surface area (TPSA) is 97.0 Å². The lowest BCUT2D eigenvalue weighted by Crippen LogP contribution is -2.60. The van der Waals surface area contributed by atoms with Gasteiger partial charge in [-0.25, -0.2) is 0 Å². The van der Waals surface area contributed by atoms with E-state index in [0.29, 0.717) is 37.4 Å². The second-order valence-electron chi connectivity index (χ2n) is 8.12. The van der Waals surface area contributed by atoms with Crippen molar-refractivity contribution in [1.29, 1.82) is 0 Å². The number of hydrogen-bond donors (Lipinski definition) is 2. The van der Waals surface area contributed by atoms with Crippen molar-refractivity contribution in [3.8, 4) is 5.75 Å². The van der Waals surface area contributed by atoms with Gasteiger partial charge < -0.3 is 19.7 Å². The van der Waals surface area contributed by atoms with Crippen molar-refractivity contribution in [2.24, 2.45) is 0 Å². The number of unbranched alkanes of at least 4 members (excludes halogenated alkanes) is 1. The molecule has 9 heteroatoms. The molecule has 2 N–H and O–H groups in total. The summed E-state index contributed by atoms with van der Waals surface area (Å²) in [5.41, 5.74) is 1.41. The van der Waals surface area contributed by atoms with Gasteiger partial charge in [0.2, 0.25) is 5.91 Å². The third-order valence-electron chi connectivity index (χ3n) is 5.56. The maximum Gasteiger partial charge on any atom is 0.308 e. The molecule has 1 aliphatic rings. The fraction of sp³-hybridized carbons (Fsp3) is 0.385. The zero-order valence-corrected chi connectivity index (χ0v) is 20.6. The van der Waals surface area contributed by atoms with E-state index in [9.17, 15) is 14.4 Å². The van der Waals surface area contributed by atoms with Gasteiger partial charge in [-0.3, -0.25) is 19.7 Å². The Hall–Kier alpha value is -3.46. The standard InChI is InChI=1S/C26H31N3O5S/c1-2-3-16-33-22-12-8-7-11-20(22)24(31)28-26(35)29-15-14-27-25(32)21(29)18-23(30)34-17-13-19-9-5-4-6-10-19/h4-12,21H,2-3,13-18H2,1H3,(H,27,32)(H,28,31,35). The Balaban J connectivity index is 1.58. The van der Waals surface area contributed by atoms with Gasteiger partial charge in [-0.15, -0.1) is 0 Å². The van der Waals surface area contributed by atoms with Gasteiger partial charge in [0.05, 0.1) is 25.2 Å². The van der Waals surface area contributed by atoms with Crippen LogP contribution in [0.25, 0.3) is 0 Å². The molecule has 1 heterocycles. The van der Waals surface area contributed by atoms with Crippen LogP contribution in [0, 0.1) is 0 Å². The maximum absolute atomic E-state index is 12.9. The SMILES string of the molecule is CCCCOc1ccccc1C(=O)NC(=S)N1CCNC(=O)C1CC(=O)OCCc1ccccc1. The Morgan fingerprint density at radius 3 is 2.63 bits per heavy atom. The minimum absolute atomic E-state index is 0.0790. The number of benzene rings is 2. The second-order valence-corrected chi connectivity index (χ2v) is 8.50. The first kappa shape index (κ1) is 26.2. The number of para-hydroxylation sites is 1. The van der Waals surface area contributed by atoms with Crippen LogP contribution < -0.4 is 15.4 Å². The Morgan fingerprint density at radius 1 is 1.11 bits per heavy atom. The Morgan fingerprint density at radius 2 is 1.86 bits per heavy atom. The number of piperazine rings is 1. The normalized spacial score (nSPS) is 15.2. The summed E-state index contributed by atoms with van der Waals surface area (Å²) in [6.45, 7) is 3.50. The van der Waals surface area contributed by atoms with Crippen LogP contribution in [0.5, 0.6) is 5.75 Å². The lowest BCUT2D eigenvalue weighted by Gasteiger charge is -2.36. The van der Waals surface area contributed by atoms with E-state index in [4.69, 9.17) is 21.7 Å². The van der Waals surface area contributed by atoms with Crippen molar-refractivity contribution in [1.82, 2.24) is 15.5 Å². The summed E-state index contributed by atoms with van der Waals surface area (Å²) in [5, 5.41) is 5.52. The van der Waals surface area contributed by atoms with E-state index in [2.05, 4.69) is 17.6 Å². The first-order chi connectivity index (χ1) is 17.0. The van der Waals surface area contributed by atoms with Crippen LogP contribution in [0.1, 0.15) is 42.1 Å². The minimum Gasteiger partial charge on any atom is -0.493 e. The number of nitrogens with zero attached hydrogens (tertiary/aromatic N) is 1. The lowest BCUT2D eigenvalue weighted by molar-refractivity contribution is -0.147. The van der Waals surface area contributed by atoms with Crippen LogP contribution in [0.2, 0.25) is 0 Å². The van der Waals surface area contributed by atoms with Gasteiger partial charge in [0.15, 0.2) is 5.11 Å². The Kier molecular flexibility index (Phi) is 10.0. The number of thiocarbonyl (C=S) groups is 1. The molecule has 3 rings (SSSR count). The molecule has 2 aromatic rings. The number of ether oxygens (including phenoxy) is 2. The third kappa shape index (κ3) is 7.78. The highest BCUT2D eigenvalue weighted by Gasteiger charge is 2.34. The van der Waals surface area contributed by atoms with E-state index in [1.54, 1.807) is 29.2 Å². The molecule has 1 fully saturated rings. The van der Waals surface area contributed by atoms with Crippen LogP contribution in [0.3, 0.4) is 0 Å². The van der Waals surface area contributed by atoms with Gasteiger partial charge in [-0.2, -0.15) is 0 Å². The quantitative estimate of drug-likeness (QED) is 0.296. The summed E-state index contributed by atoms with van der Waals surface area (Å²) < 4.78 is 11.1. The highest BCUT2D eigenvalue weighted by atomic mass is 32.1. The van der Waals surface area contributed by atoms with Crippen molar-refractivity contribution < 1.29 is 23.9 Å². The van der Waals surface area contributed by atoms with Gasteiger partial charge in [-0.1, -0.05) is 55.8 Å². The van der Waals surface area contributed by atoms with Crippen LogP contribution >= 0.6 is 12.2 Å². The Labute approximate surface area is 211 Å². The third-order valence-corrected chi connectivity index (χ3v) is 5.89. The molecule has 0 aliphatic carbocycles. The van der Waals surface area contributed by atoms with E-state index < -0.39 is 17.9 Å². The first-order valence-electron chi connectivity index (χ1n) is 11.8. The molecule has 0 radical (unpaired) electrons. The molecule has 2 aromatic carbocycles. The van der Waals surface area contributed by atoms with Crippen LogP contribution in [-0.2, 0) is 20.7 Å². The molecular weight excluding hydrogens is 466 g/mol. The van der Waals surface area contributed by atoms with Crippen molar-refractivity contribution in [3.63, 3.8) is 0 Å². The molecule has 1 aliphatic heterocycles. The fourth-order valence-corrected chi connectivity index (χ4v) is 3.96. The monoisotopic (exact) mass is 497 g/mol. The highest BCUT2D eigenvalue weighted by molar-refractivity contribution is 7.80. The lowest BCUT2D eigenvalue weighted by atomic mass is 10.1. The number of nitrogens with one attached hydrogen (secondary N) is 2. The molecule has 35 heavy (non-hydrogen) atoms. The molecule has 1 atom stereocenters. The molecule has 2 amide bonds. The number of rotatable bonds is 10. The molecule has 186 valence electrons. The van der Waals surface area contributed by atoms with Crippen LogP contribution in [0.4, 0.5) is 0 Å². The molecule has 0 spiro atoms. The summed E-state index contributed by atoms with van der Waals surface area (Å²) in [6, 6.07) is 15.7. The average Bonchev–Trinajstić information content (AvgIpc) is 2.86. The molecule has 1 saturated heterocycles. The van der Waals surface area contributed by atoms with Crippen molar-refractivity contribution in [3.05, 3.63) is 65.7 Å². The number of amides is 2. The molecule has 0 aromatic heterocycles. The minimum atomic E-state index is -0.864. The summed E-state index contributed by atoms with van der Waals surface area (Å²) in [6.07, 6.45) is 2.26. The predicted molar refractivity (Wildman–Crippen MR) is 136 cm³/mol. The molecule has 0 saturated carbocycles. The smallest absolute Gasteiger partial charge is 0.308 e. The first-order valence-corrected chi connectivity index (χ1v) is 12.2. The zero-order valence-electron chi connectivity index (χ0n) is 19.8. The van der Waals surface area contributed by atoms with Crippen LogP contribution in [-0.4, -0.2) is 60.1 Å². The highest BCUT2D eigenvalue weighted by Crippen LogP contribution is 2.19. The fourth-order valence-electron chi connectivity index (χ4n) is 3.65. The largest absolute Gasteiger partial charge is 0.493 e. The van der Waals surface area contributed by atoms with E-state index >= 15 is 0 Å². The zero-order chi connectivity index (χ0) is 25.0. The average molecular weight is 498 g/mol. The Bertz CT molecular complexity index is 1030. The summed E-state index contributed by atoms with van der Waals surface area (Å²) in [4.78, 5) is 39.5. The van der Waals surface area contributed by atoms with Crippen molar-refractivity contribution in [2.75, 3.05) is 26.3 Å². The number of hydrogen-bond acceptors (Lipinski definition) is 6. The summed E-state index contributed by atoms with van der Waals surface area (Å²) >= 11 is 5.46. The molecule has 8 nitrogen and oxygen atoms in total. The van der Waals surface area contributed by atoms with Gasteiger partial charge in [0.25, 0.3) is 5.91 Å². The van der Waals surface area contributed by atoms with Crippen LogP contribution in [0.15, 0.2) is 54.6 Å². The van der Waals surface area contributed by atoms with E-state index in [1.165, 1.54) is 0 Å². The van der Waals surface area contributed by atoms with Crippen molar-refractivity contribution >= 4 is 35.1 Å². The summed E-state index contributed by atoms with van der Waals surface area (Å²) in [7, 11) is 0. The molecule has 1 unspecified atom stereocenters. The predicted octanol–water partition coefficient (Wildman–Crippen LogP) is 2.86. The molecular formula is C26H31N3O5S. The van der Waals surface area contributed by atoms with E-state index in [1.807, 2.05) is 30.3 Å². The number of esters is 1. The van der Waals surface area contributed by atoms with Gasteiger partial charge >= 0.3 is 5.97 Å². The van der Waals surface area contributed by atoms with E-state index in [-0.39, 0.29) is 24.0 Å². The van der Waals surface area contributed by atoms with Gasteiger partial charge in [0, 0.05) is 19.5 Å².